The summed E-state index contributed by atoms with van der Waals surface area (Å²) in [6.07, 6.45) is 0. The highest BCUT2D eigenvalue weighted by Crippen LogP contribution is 2.21. The second-order valence-electron chi connectivity index (χ2n) is 6.36. The van der Waals surface area contributed by atoms with Gasteiger partial charge in [0.1, 0.15) is 0 Å². The van der Waals surface area contributed by atoms with E-state index >= 15 is 0 Å². The van der Waals surface area contributed by atoms with Crippen molar-refractivity contribution in [2.24, 2.45) is 0 Å². The van der Waals surface area contributed by atoms with E-state index in [-0.39, 0.29) is 0 Å². The first-order valence-corrected chi connectivity index (χ1v) is 11.3. The third-order valence-corrected chi connectivity index (χ3v) is 6.96. The Morgan fingerprint density at radius 1 is 0.519 bits per heavy atom. The second kappa shape index (κ2) is 10.2. The Balaban J connectivity index is 1.70. The van der Waals surface area contributed by atoms with Gasteiger partial charge in [-0.05, 0) is 16.7 Å². The molecule has 0 saturated heterocycles. The number of rotatable bonds is 10. The third-order valence-electron chi connectivity index (χ3n) is 4.34. The van der Waals surface area contributed by atoms with Crippen molar-refractivity contribution < 1.29 is 13.3 Å². The summed E-state index contributed by atoms with van der Waals surface area (Å²) in [6, 6.07) is 31.2. The normalized spacial score (nSPS) is 11.4. The van der Waals surface area contributed by atoms with Crippen LogP contribution in [0, 0.1) is 0 Å². The van der Waals surface area contributed by atoms with Crippen molar-refractivity contribution in [2.75, 3.05) is 0 Å². The predicted molar refractivity (Wildman–Crippen MR) is 110 cm³/mol. The van der Waals surface area contributed by atoms with Gasteiger partial charge in [-0.3, -0.25) is 0 Å². The van der Waals surface area contributed by atoms with Crippen molar-refractivity contribution >= 4 is 8.80 Å². The summed E-state index contributed by atoms with van der Waals surface area (Å²) < 4.78 is 18.9. The Kier molecular flexibility index (Phi) is 7.36. The first-order valence-electron chi connectivity index (χ1n) is 9.33. The van der Waals surface area contributed by atoms with Gasteiger partial charge in [-0.2, -0.15) is 0 Å². The van der Waals surface area contributed by atoms with Crippen LogP contribution >= 0.6 is 0 Å². The maximum Gasteiger partial charge on any atom is 0.501 e. The van der Waals surface area contributed by atoms with Crippen LogP contribution < -0.4 is 0 Å². The molecule has 0 fully saturated rings. The predicted octanol–water partition coefficient (Wildman–Crippen LogP) is 5.60. The van der Waals surface area contributed by atoms with Crippen LogP contribution in [0.3, 0.4) is 0 Å². The van der Waals surface area contributed by atoms with Gasteiger partial charge in [0, 0.05) is 6.04 Å². The maximum atomic E-state index is 6.30. The molecule has 0 saturated carbocycles. The zero-order chi connectivity index (χ0) is 18.8. The van der Waals surface area contributed by atoms with Gasteiger partial charge in [0.2, 0.25) is 0 Å². The molecule has 0 amide bonds. The topological polar surface area (TPSA) is 27.7 Å². The lowest BCUT2D eigenvalue weighted by Gasteiger charge is -2.29. The van der Waals surface area contributed by atoms with Crippen molar-refractivity contribution in [1.82, 2.24) is 0 Å². The molecule has 0 aliphatic carbocycles. The monoisotopic (exact) mass is 378 g/mol. The molecule has 140 valence electrons. The summed E-state index contributed by atoms with van der Waals surface area (Å²) in [5.74, 6) is 0. The van der Waals surface area contributed by atoms with E-state index in [2.05, 4.69) is 43.3 Å². The summed E-state index contributed by atoms with van der Waals surface area (Å²) in [7, 11) is -2.82. The minimum atomic E-state index is -2.82. The average molecular weight is 379 g/mol. The highest BCUT2D eigenvalue weighted by molar-refractivity contribution is 6.60. The largest absolute Gasteiger partial charge is 0.501 e. The van der Waals surface area contributed by atoms with E-state index in [0.717, 1.165) is 22.7 Å². The third kappa shape index (κ3) is 6.15. The summed E-state index contributed by atoms with van der Waals surface area (Å²) >= 11 is 0. The van der Waals surface area contributed by atoms with Crippen LogP contribution in [0.4, 0.5) is 0 Å². The van der Waals surface area contributed by atoms with E-state index in [4.69, 9.17) is 13.3 Å². The molecule has 0 bridgehead atoms. The van der Waals surface area contributed by atoms with Gasteiger partial charge in [-0.1, -0.05) is 97.9 Å². The van der Waals surface area contributed by atoms with Crippen molar-refractivity contribution in [1.29, 1.82) is 0 Å². The average Bonchev–Trinajstić information content (AvgIpc) is 2.76. The van der Waals surface area contributed by atoms with Crippen molar-refractivity contribution in [2.45, 2.75) is 32.8 Å². The molecule has 0 heterocycles. The Morgan fingerprint density at radius 2 is 0.815 bits per heavy atom. The standard InChI is InChI=1S/C23H26O3Si/c1-2-27(24-18-21-12-6-3-7-13-21,25-19-22-14-8-4-9-15-22)26-20-23-16-10-5-11-17-23/h3-17H,2,18-20H2,1H3. The van der Waals surface area contributed by atoms with Gasteiger partial charge in [0.05, 0.1) is 19.8 Å². The van der Waals surface area contributed by atoms with Gasteiger partial charge in [-0.25, -0.2) is 0 Å². The number of hydrogen-bond acceptors (Lipinski definition) is 3. The summed E-state index contributed by atoms with van der Waals surface area (Å²) in [5, 5.41) is 0. The van der Waals surface area contributed by atoms with Gasteiger partial charge in [0.15, 0.2) is 0 Å². The Labute approximate surface area is 162 Å². The summed E-state index contributed by atoms with van der Waals surface area (Å²) in [4.78, 5) is 0. The highest BCUT2D eigenvalue weighted by Gasteiger charge is 2.39. The lowest BCUT2D eigenvalue weighted by Crippen LogP contribution is -2.44. The summed E-state index contributed by atoms with van der Waals surface area (Å²) in [5.41, 5.74) is 3.36. The molecular formula is C23H26O3Si. The molecule has 4 heteroatoms. The van der Waals surface area contributed by atoms with Crippen molar-refractivity contribution in [3.63, 3.8) is 0 Å². The molecule has 0 radical (unpaired) electrons. The van der Waals surface area contributed by atoms with Crippen LogP contribution in [0.1, 0.15) is 23.6 Å². The summed E-state index contributed by atoms with van der Waals surface area (Å²) in [6.45, 7) is 3.55. The lowest BCUT2D eigenvalue weighted by molar-refractivity contribution is 0.0438. The fourth-order valence-corrected chi connectivity index (χ4v) is 4.76. The Hall–Kier alpha value is -2.24. The molecule has 0 atom stereocenters. The minimum absolute atomic E-state index is 0.491. The fourth-order valence-electron chi connectivity index (χ4n) is 2.73. The molecule has 0 aliphatic heterocycles. The van der Waals surface area contributed by atoms with Gasteiger partial charge in [-0.15, -0.1) is 0 Å². The van der Waals surface area contributed by atoms with Crippen LogP contribution in [0.2, 0.25) is 6.04 Å². The quantitative estimate of drug-likeness (QED) is 0.430. The molecule has 3 aromatic carbocycles. The Bertz CT molecular complexity index is 672. The fraction of sp³-hybridized carbons (Fsp3) is 0.217. The molecule has 0 unspecified atom stereocenters. The SMILES string of the molecule is CC[Si](OCc1ccccc1)(OCc1ccccc1)OCc1ccccc1. The Morgan fingerprint density at radius 3 is 1.07 bits per heavy atom. The van der Waals surface area contributed by atoms with E-state index in [1.807, 2.05) is 54.6 Å². The highest BCUT2D eigenvalue weighted by atomic mass is 28.4. The van der Waals surface area contributed by atoms with Crippen LogP contribution in [0.15, 0.2) is 91.0 Å². The van der Waals surface area contributed by atoms with E-state index < -0.39 is 8.80 Å². The minimum Gasteiger partial charge on any atom is -0.369 e. The van der Waals surface area contributed by atoms with Crippen LogP contribution in [0.5, 0.6) is 0 Å². The molecule has 3 aromatic rings. The molecule has 0 spiro atoms. The number of hydrogen-bond donors (Lipinski definition) is 0. The molecule has 3 nitrogen and oxygen atoms in total. The van der Waals surface area contributed by atoms with E-state index in [9.17, 15) is 0 Å². The molecule has 0 N–H and O–H groups in total. The van der Waals surface area contributed by atoms with E-state index in [0.29, 0.717) is 19.8 Å². The lowest BCUT2D eigenvalue weighted by atomic mass is 10.2. The van der Waals surface area contributed by atoms with Gasteiger partial charge >= 0.3 is 8.80 Å². The van der Waals surface area contributed by atoms with Crippen LogP contribution in [-0.4, -0.2) is 8.80 Å². The van der Waals surface area contributed by atoms with E-state index in [1.165, 1.54) is 0 Å². The van der Waals surface area contributed by atoms with Crippen molar-refractivity contribution in [3.8, 4) is 0 Å². The number of benzene rings is 3. The molecular weight excluding hydrogens is 352 g/mol. The van der Waals surface area contributed by atoms with Crippen molar-refractivity contribution in [3.05, 3.63) is 108 Å². The van der Waals surface area contributed by atoms with Gasteiger partial charge in [0.25, 0.3) is 0 Å². The zero-order valence-electron chi connectivity index (χ0n) is 15.7. The molecule has 0 aliphatic rings. The zero-order valence-corrected chi connectivity index (χ0v) is 16.7. The molecule has 0 aromatic heterocycles. The van der Waals surface area contributed by atoms with Crippen LogP contribution in [0.25, 0.3) is 0 Å². The molecule has 3 rings (SSSR count). The van der Waals surface area contributed by atoms with E-state index in [1.54, 1.807) is 0 Å². The first-order chi connectivity index (χ1) is 13.3. The second-order valence-corrected chi connectivity index (χ2v) is 9.30. The van der Waals surface area contributed by atoms with Gasteiger partial charge < -0.3 is 13.3 Å². The first kappa shape index (κ1) is 19.5. The maximum absolute atomic E-state index is 6.30. The smallest absolute Gasteiger partial charge is 0.369 e. The molecule has 27 heavy (non-hydrogen) atoms. The van der Waals surface area contributed by atoms with Crippen LogP contribution in [-0.2, 0) is 33.1 Å².